The SMILES string of the molecule is O=C(COC(=O)c1ccc2c(=O)n3c(nc2c1)CCCCCC3)NNC(=O)c1ccccc1. The zero-order valence-corrected chi connectivity index (χ0v) is 18.0. The van der Waals surface area contributed by atoms with Crippen molar-refractivity contribution in [3.05, 3.63) is 75.8 Å². The van der Waals surface area contributed by atoms with E-state index in [2.05, 4.69) is 15.8 Å². The summed E-state index contributed by atoms with van der Waals surface area (Å²) in [5, 5.41) is 0.442. The summed E-state index contributed by atoms with van der Waals surface area (Å²) >= 11 is 0. The molecular weight excluding hydrogens is 424 g/mol. The predicted molar refractivity (Wildman–Crippen MR) is 121 cm³/mol. The van der Waals surface area contributed by atoms with Crippen LogP contribution in [0.15, 0.2) is 53.3 Å². The minimum Gasteiger partial charge on any atom is -0.452 e. The monoisotopic (exact) mass is 448 g/mol. The molecular formula is C24H24N4O5. The van der Waals surface area contributed by atoms with Gasteiger partial charge in [-0.25, -0.2) is 9.78 Å². The predicted octanol–water partition coefficient (Wildman–Crippen LogP) is 2.13. The third-order valence-corrected chi connectivity index (χ3v) is 5.49. The molecule has 2 heterocycles. The number of esters is 1. The molecule has 2 aromatic carbocycles. The standard InChI is InChI=1S/C24H24N4O5/c29-21(26-27-22(30)16-8-4-3-5-9-16)15-33-24(32)17-11-12-18-19(14-17)25-20-10-6-1-2-7-13-28(20)23(18)31/h3-5,8-9,11-12,14H,1-2,6-7,10,13,15H2,(H,26,29)(H,27,30). The third-order valence-electron chi connectivity index (χ3n) is 5.49. The lowest BCUT2D eigenvalue weighted by molar-refractivity contribution is -0.125. The molecule has 0 unspecified atom stereocenters. The van der Waals surface area contributed by atoms with Gasteiger partial charge in [-0.1, -0.05) is 31.0 Å². The first-order valence-electron chi connectivity index (χ1n) is 10.9. The van der Waals surface area contributed by atoms with E-state index in [9.17, 15) is 19.2 Å². The smallest absolute Gasteiger partial charge is 0.338 e. The highest BCUT2D eigenvalue weighted by Crippen LogP contribution is 2.17. The number of hydrazine groups is 1. The molecule has 1 aliphatic heterocycles. The van der Waals surface area contributed by atoms with Crippen molar-refractivity contribution in [1.29, 1.82) is 0 Å². The Hall–Kier alpha value is -4.01. The van der Waals surface area contributed by atoms with Crippen LogP contribution in [0.3, 0.4) is 0 Å². The van der Waals surface area contributed by atoms with Crippen LogP contribution >= 0.6 is 0 Å². The van der Waals surface area contributed by atoms with E-state index in [-0.39, 0.29) is 11.1 Å². The van der Waals surface area contributed by atoms with E-state index in [0.29, 0.717) is 29.4 Å². The molecule has 0 aliphatic carbocycles. The van der Waals surface area contributed by atoms with Gasteiger partial charge in [0.1, 0.15) is 5.82 Å². The van der Waals surface area contributed by atoms with Crippen molar-refractivity contribution in [2.24, 2.45) is 0 Å². The molecule has 170 valence electrons. The lowest BCUT2D eigenvalue weighted by Crippen LogP contribution is -2.43. The maximum atomic E-state index is 12.9. The number of carbonyl (C=O) groups excluding carboxylic acids is 3. The van der Waals surface area contributed by atoms with E-state index in [0.717, 1.165) is 31.5 Å². The number of aromatic nitrogens is 2. The second-order valence-electron chi connectivity index (χ2n) is 7.83. The number of aryl methyl sites for hydroxylation is 1. The van der Waals surface area contributed by atoms with Gasteiger partial charge in [0.25, 0.3) is 17.4 Å². The summed E-state index contributed by atoms with van der Waals surface area (Å²) in [7, 11) is 0. The number of nitrogens with one attached hydrogen (secondary N) is 2. The number of ether oxygens (including phenoxy) is 1. The lowest BCUT2D eigenvalue weighted by Gasteiger charge is -2.16. The average molecular weight is 448 g/mol. The van der Waals surface area contributed by atoms with Gasteiger partial charge in [0.15, 0.2) is 6.61 Å². The van der Waals surface area contributed by atoms with E-state index < -0.39 is 24.4 Å². The van der Waals surface area contributed by atoms with Gasteiger partial charge in [0.05, 0.1) is 16.5 Å². The molecule has 0 bridgehead atoms. The fraction of sp³-hybridized carbons (Fsp3) is 0.292. The molecule has 0 atom stereocenters. The van der Waals surface area contributed by atoms with Crippen LogP contribution in [-0.4, -0.2) is 33.9 Å². The highest BCUT2D eigenvalue weighted by molar-refractivity contribution is 5.97. The van der Waals surface area contributed by atoms with Gasteiger partial charge in [-0.15, -0.1) is 0 Å². The Morgan fingerprint density at radius 3 is 2.55 bits per heavy atom. The highest BCUT2D eigenvalue weighted by Gasteiger charge is 2.16. The molecule has 9 heteroatoms. The molecule has 4 rings (SSSR count). The van der Waals surface area contributed by atoms with Gasteiger partial charge < -0.3 is 4.74 Å². The molecule has 0 saturated heterocycles. The third kappa shape index (κ3) is 5.25. The quantitative estimate of drug-likeness (QED) is 0.466. The molecule has 3 aromatic rings. The van der Waals surface area contributed by atoms with Crippen molar-refractivity contribution >= 4 is 28.7 Å². The number of hydrogen-bond donors (Lipinski definition) is 2. The second-order valence-corrected chi connectivity index (χ2v) is 7.83. The maximum Gasteiger partial charge on any atom is 0.338 e. The summed E-state index contributed by atoms with van der Waals surface area (Å²) in [6, 6.07) is 12.9. The summed E-state index contributed by atoms with van der Waals surface area (Å²) in [4.78, 5) is 53.8. The fourth-order valence-electron chi connectivity index (χ4n) is 3.76. The maximum absolute atomic E-state index is 12.9. The van der Waals surface area contributed by atoms with Crippen molar-refractivity contribution in [2.75, 3.05) is 6.61 Å². The molecule has 2 N–H and O–H groups in total. The van der Waals surface area contributed by atoms with Crippen LogP contribution in [0.2, 0.25) is 0 Å². The van der Waals surface area contributed by atoms with Gasteiger partial charge in [0.2, 0.25) is 0 Å². The molecule has 9 nitrogen and oxygen atoms in total. The number of hydrogen-bond acceptors (Lipinski definition) is 6. The summed E-state index contributed by atoms with van der Waals surface area (Å²) in [5.74, 6) is -1.18. The van der Waals surface area contributed by atoms with Crippen LogP contribution in [-0.2, 0) is 22.5 Å². The molecule has 1 aliphatic rings. The molecule has 1 aromatic heterocycles. The van der Waals surface area contributed by atoms with E-state index in [1.54, 1.807) is 41.0 Å². The van der Waals surface area contributed by atoms with Crippen molar-refractivity contribution in [3.63, 3.8) is 0 Å². The molecule has 0 spiro atoms. The Morgan fingerprint density at radius 2 is 1.73 bits per heavy atom. The molecule has 0 saturated carbocycles. The number of nitrogens with zero attached hydrogens (tertiary/aromatic N) is 2. The summed E-state index contributed by atoms with van der Waals surface area (Å²) in [5.41, 5.74) is 5.34. The fourth-order valence-corrected chi connectivity index (χ4v) is 3.76. The zero-order valence-electron chi connectivity index (χ0n) is 18.0. The summed E-state index contributed by atoms with van der Waals surface area (Å²) in [6.45, 7) is 0.0725. The van der Waals surface area contributed by atoms with Crippen LogP contribution in [0.1, 0.15) is 52.2 Å². The lowest BCUT2D eigenvalue weighted by atomic mass is 10.1. The number of benzene rings is 2. The topological polar surface area (TPSA) is 119 Å². The minimum absolute atomic E-state index is 0.106. The molecule has 0 radical (unpaired) electrons. The van der Waals surface area contributed by atoms with Crippen molar-refractivity contribution < 1.29 is 19.1 Å². The van der Waals surface area contributed by atoms with Crippen LogP contribution in [0.5, 0.6) is 0 Å². The van der Waals surface area contributed by atoms with Crippen LogP contribution in [0.25, 0.3) is 10.9 Å². The van der Waals surface area contributed by atoms with E-state index in [1.165, 1.54) is 12.1 Å². The van der Waals surface area contributed by atoms with E-state index >= 15 is 0 Å². The molecule has 0 fully saturated rings. The normalized spacial score (nSPS) is 13.3. The van der Waals surface area contributed by atoms with Crippen LogP contribution in [0.4, 0.5) is 0 Å². The van der Waals surface area contributed by atoms with E-state index in [1.807, 2.05) is 0 Å². The van der Waals surface area contributed by atoms with Gasteiger partial charge in [-0.3, -0.25) is 29.8 Å². The van der Waals surface area contributed by atoms with Gasteiger partial charge in [-0.2, -0.15) is 0 Å². The van der Waals surface area contributed by atoms with Gasteiger partial charge in [-0.05, 0) is 43.2 Å². The Kier molecular flexibility index (Phi) is 6.77. The molecule has 33 heavy (non-hydrogen) atoms. The van der Waals surface area contributed by atoms with Crippen molar-refractivity contribution in [2.45, 2.75) is 38.6 Å². The Labute approximate surface area is 189 Å². The highest BCUT2D eigenvalue weighted by atomic mass is 16.5. The number of rotatable bonds is 4. The van der Waals surface area contributed by atoms with Gasteiger partial charge >= 0.3 is 5.97 Å². The van der Waals surface area contributed by atoms with E-state index in [4.69, 9.17) is 4.74 Å². The number of amides is 2. The second kappa shape index (κ2) is 10.1. The first-order chi connectivity index (χ1) is 16.0. The first-order valence-corrected chi connectivity index (χ1v) is 10.9. The minimum atomic E-state index is -0.727. The Balaban J connectivity index is 1.39. The van der Waals surface area contributed by atoms with Crippen LogP contribution < -0.4 is 16.4 Å². The Bertz CT molecular complexity index is 1250. The van der Waals surface area contributed by atoms with Gasteiger partial charge in [0, 0.05) is 18.5 Å². The number of carbonyl (C=O) groups is 3. The molecule has 2 amide bonds. The average Bonchev–Trinajstić information content (AvgIpc) is 2.82. The summed E-state index contributed by atoms with van der Waals surface area (Å²) < 4.78 is 6.77. The van der Waals surface area contributed by atoms with Crippen molar-refractivity contribution in [3.8, 4) is 0 Å². The first kappa shape index (κ1) is 22.2. The number of fused-ring (bicyclic) bond motifs is 2. The zero-order chi connectivity index (χ0) is 23.2. The largest absolute Gasteiger partial charge is 0.452 e. The van der Waals surface area contributed by atoms with Crippen molar-refractivity contribution in [1.82, 2.24) is 20.4 Å². The van der Waals surface area contributed by atoms with Crippen LogP contribution in [0, 0.1) is 0 Å². The summed E-state index contributed by atoms with van der Waals surface area (Å²) in [6.07, 6.45) is 4.83. The Morgan fingerprint density at radius 1 is 0.939 bits per heavy atom.